The molecule has 3 rings (SSSR count). The van der Waals surface area contributed by atoms with Crippen molar-refractivity contribution < 1.29 is 31.2 Å². The zero-order valence-electron chi connectivity index (χ0n) is 15.7. The lowest BCUT2D eigenvalue weighted by Gasteiger charge is -2.19. The van der Waals surface area contributed by atoms with Crippen LogP contribution in [0.25, 0.3) is 0 Å². The van der Waals surface area contributed by atoms with Gasteiger partial charge in [-0.2, -0.15) is 5.26 Å². The minimum atomic E-state index is -3.81. The molecule has 0 aliphatic carbocycles. The summed E-state index contributed by atoms with van der Waals surface area (Å²) in [5, 5.41) is 12.5. The smallest absolute Gasteiger partial charge is 0.271 e. The van der Waals surface area contributed by atoms with Gasteiger partial charge in [-0.3, -0.25) is 9.59 Å². The van der Waals surface area contributed by atoms with E-state index in [-0.39, 0.29) is 15.6 Å². The molecule has 2 aromatic rings. The van der Waals surface area contributed by atoms with E-state index in [2.05, 4.69) is 10.3 Å². The molecule has 8 nitrogen and oxygen atoms in total. The molecule has 1 saturated heterocycles. The zero-order valence-corrected chi connectivity index (χ0v) is 17.4. The Morgan fingerprint density at radius 1 is 1.32 bits per heavy atom. The van der Waals surface area contributed by atoms with Crippen LogP contribution >= 0.6 is 11.3 Å². The number of sulfone groups is 1. The maximum atomic E-state index is 13.4. The highest BCUT2D eigenvalue weighted by atomic mass is 32.2. The van der Waals surface area contributed by atoms with E-state index in [1.807, 2.05) is 0 Å². The van der Waals surface area contributed by atoms with Crippen LogP contribution in [-0.4, -0.2) is 55.2 Å². The lowest BCUT2D eigenvalue weighted by Crippen LogP contribution is -2.43. The van der Waals surface area contributed by atoms with E-state index in [9.17, 15) is 31.2 Å². The Bertz CT molecular complexity index is 1140. The number of aromatic nitrogens is 1. The van der Waals surface area contributed by atoms with Gasteiger partial charge in [0.05, 0.1) is 24.1 Å². The van der Waals surface area contributed by atoms with E-state index in [1.54, 1.807) is 6.07 Å². The summed E-state index contributed by atoms with van der Waals surface area (Å²) >= 11 is 0.903. The van der Waals surface area contributed by atoms with Gasteiger partial charge in [-0.15, -0.1) is 11.3 Å². The molecule has 2 amide bonds. The van der Waals surface area contributed by atoms with E-state index in [4.69, 9.17) is 5.26 Å². The molecule has 2 heterocycles. The number of hydrogen-bond donors (Lipinski definition) is 1. The summed E-state index contributed by atoms with van der Waals surface area (Å²) in [6.07, 6.45) is -0.763. The van der Waals surface area contributed by atoms with Crippen LogP contribution in [0.3, 0.4) is 0 Å². The molecule has 0 saturated carbocycles. The normalized spacial score (nSPS) is 17.9. The van der Waals surface area contributed by atoms with Gasteiger partial charge in [0.15, 0.2) is 9.84 Å². The Morgan fingerprint density at radius 2 is 2.00 bits per heavy atom. The number of thiazole rings is 1. The molecule has 1 aromatic heterocycles. The average molecular weight is 472 g/mol. The highest BCUT2D eigenvalue weighted by molar-refractivity contribution is 7.90. The van der Waals surface area contributed by atoms with Crippen molar-refractivity contribution in [3.63, 3.8) is 0 Å². The average Bonchev–Trinajstić information content (AvgIpc) is 3.29. The summed E-state index contributed by atoms with van der Waals surface area (Å²) in [6, 6.07) is 4.62. The van der Waals surface area contributed by atoms with E-state index >= 15 is 0 Å². The number of nitriles is 1. The van der Waals surface area contributed by atoms with Gasteiger partial charge in [0, 0.05) is 11.8 Å². The van der Waals surface area contributed by atoms with Crippen LogP contribution in [0.15, 0.2) is 34.5 Å². The number of carbonyl (C=O) groups is 2. The molecule has 1 aliphatic heterocycles. The number of nitrogens with one attached hydrogen (secondary N) is 1. The molecular formula is C18H15F3N4O4S2. The van der Waals surface area contributed by atoms with Crippen molar-refractivity contribution >= 4 is 33.0 Å². The first-order valence-corrected chi connectivity index (χ1v) is 11.3. The Balaban J connectivity index is 1.60. The monoisotopic (exact) mass is 472 g/mol. The molecule has 31 heavy (non-hydrogen) atoms. The van der Waals surface area contributed by atoms with E-state index in [1.165, 1.54) is 5.38 Å². The Morgan fingerprint density at radius 3 is 2.65 bits per heavy atom. The molecule has 1 aromatic carbocycles. The maximum absolute atomic E-state index is 13.4. The molecule has 0 unspecified atom stereocenters. The van der Waals surface area contributed by atoms with Crippen LogP contribution in [0.1, 0.15) is 21.9 Å². The number of halogens is 3. The van der Waals surface area contributed by atoms with Gasteiger partial charge in [-0.1, -0.05) is 0 Å². The van der Waals surface area contributed by atoms with Crippen LogP contribution < -0.4 is 5.32 Å². The van der Waals surface area contributed by atoms with E-state index in [0.29, 0.717) is 4.90 Å². The molecule has 0 radical (unpaired) electrons. The Hall–Kier alpha value is -2.98. The first-order chi connectivity index (χ1) is 14.5. The maximum Gasteiger partial charge on any atom is 0.271 e. The van der Waals surface area contributed by atoms with E-state index in [0.717, 1.165) is 35.6 Å². The first-order valence-electron chi connectivity index (χ1n) is 8.78. The quantitative estimate of drug-likeness (QED) is 0.640. The van der Waals surface area contributed by atoms with Crippen molar-refractivity contribution in [2.75, 3.05) is 13.1 Å². The van der Waals surface area contributed by atoms with Crippen LogP contribution in [0, 0.1) is 17.1 Å². The van der Waals surface area contributed by atoms with Gasteiger partial charge in [-0.25, -0.2) is 26.6 Å². The summed E-state index contributed by atoms with van der Waals surface area (Å²) in [4.78, 5) is 28.8. The second-order valence-corrected chi connectivity index (χ2v) is 9.68. The Labute approximate surface area is 179 Å². The fraction of sp³-hybridized carbons (Fsp3) is 0.333. The fourth-order valence-electron chi connectivity index (χ4n) is 2.91. The van der Waals surface area contributed by atoms with Crippen molar-refractivity contribution in [1.82, 2.24) is 15.2 Å². The van der Waals surface area contributed by atoms with Gasteiger partial charge >= 0.3 is 0 Å². The number of amides is 2. The van der Waals surface area contributed by atoms with Gasteiger partial charge < -0.3 is 10.2 Å². The summed E-state index contributed by atoms with van der Waals surface area (Å²) in [5.41, 5.74) is -0.148. The number of nitrogens with zero attached hydrogens (tertiary/aromatic N) is 3. The third-order valence-corrected chi connectivity index (χ3v) is 7.09. The minimum Gasteiger partial charge on any atom is -0.342 e. The molecule has 1 aliphatic rings. The molecule has 164 valence electrons. The van der Waals surface area contributed by atoms with Gasteiger partial charge in [0.25, 0.3) is 11.8 Å². The second kappa shape index (κ2) is 8.64. The van der Waals surface area contributed by atoms with Gasteiger partial charge in [0.2, 0.25) is 5.91 Å². The Kier molecular flexibility index (Phi) is 6.33. The summed E-state index contributed by atoms with van der Waals surface area (Å²) in [6.45, 7) is -1.52. The summed E-state index contributed by atoms with van der Waals surface area (Å²) < 4.78 is 64.6. The molecule has 0 bridgehead atoms. The molecule has 13 heteroatoms. The largest absolute Gasteiger partial charge is 0.342 e. The van der Waals surface area contributed by atoms with E-state index < -0.39 is 64.7 Å². The topological polar surface area (TPSA) is 120 Å². The standard InChI is InChI=1S/C18H15F3N4O4S2/c19-11-1-3-13(4-2-11)31(28,29)9-15-24-14(8-30-15)17(27)23-7-16(26)25-10-18(20,21)5-12(25)6-22/h1-4,8,12H,5,7,9-10H2,(H,23,27)/t12-/m0/s1. The number of carbonyl (C=O) groups excluding carboxylic acids is 2. The lowest BCUT2D eigenvalue weighted by atomic mass is 10.2. The van der Waals surface area contributed by atoms with Crippen LogP contribution in [-0.2, 0) is 20.4 Å². The van der Waals surface area contributed by atoms with Crippen molar-refractivity contribution in [1.29, 1.82) is 5.26 Å². The predicted molar refractivity (Wildman–Crippen MR) is 102 cm³/mol. The predicted octanol–water partition coefficient (Wildman–Crippen LogP) is 1.75. The molecule has 1 N–H and O–H groups in total. The first kappa shape index (κ1) is 22.7. The third-order valence-electron chi connectivity index (χ3n) is 4.41. The van der Waals surface area contributed by atoms with Crippen molar-refractivity contribution in [3.05, 3.63) is 46.2 Å². The zero-order chi connectivity index (χ0) is 22.8. The highest BCUT2D eigenvalue weighted by Gasteiger charge is 2.47. The highest BCUT2D eigenvalue weighted by Crippen LogP contribution is 2.31. The number of benzene rings is 1. The van der Waals surface area contributed by atoms with Gasteiger partial charge in [0.1, 0.15) is 28.3 Å². The molecular weight excluding hydrogens is 457 g/mol. The van der Waals surface area contributed by atoms with Crippen molar-refractivity contribution in [2.45, 2.75) is 29.0 Å². The molecule has 1 atom stereocenters. The van der Waals surface area contributed by atoms with Crippen molar-refractivity contribution in [3.8, 4) is 6.07 Å². The number of alkyl halides is 2. The van der Waals surface area contributed by atoms with Crippen LogP contribution in [0.2, 0.25) is 0 Å². The number of hydrogen-bond acceptors (Lipinski definition) is 7. The van der Waals surface area contributed by atoms with Crippen molar-refractivity contribution in [2.24, 2.45) is 0 Å². The second-order valence-electron chi connectivity index (χ2n) is 6.75. The fourth-order valence-corrected chi connectivity index (χ4v) is 5.31. The lowest BCUT2D eigenvalue weighted by molar-refractivity contribution is -0.131. The van der Waals surface area contributed by atoms with Crippen LogP contribution in [0.4, 0.5) is 13.2 Å². The molecule has 0 spiro atoms. The summed E-state index contributed by atoms with van der Waals surface area (Å²) in [5.74, 6) is -5.90. The number of likely N-dealkylation sites (tertiary alicyclic amines) is 1. The van der Waals surface area contributed by atoms with Crippen LogP contribution in [0.5, 0.6) is 0 Å². The summed E-state index contributed by atoms with van der Waals surface area (Å²) in [7, 11) is -3.81. The van der Waals surface area contributed by atoms with Gasteiger partial charge in [-0.05, 0) is 24.3 Å². The third kappa shape index (κ3) is 5.39. The SMILES string of the molecule is N#C[C@@H]1CC(F)(F)CN1C(=O)CNC(=O)c1csc(CS(=O)(=O)c2ccc(F)cc2)n1. The minimum absolute atomic E-state index is 0.101. The number of rotatable bonds is 6. The molecule has 1 fully saturated rings.